The Labute approximate surface area is 158 Å². The van der Waals surface area contributed by atoms with Crippen molar-refractivity contribution in [3.05, 3.63) is 51.6 Å². The van der Waals surface area contributed by atoms with Gasteiger partial charge in [-0.25, -0.2) is 4.68 Å². The molecule has 2 aromatic heterocycles. The molecule has 0 bridgehead atoms. The van der Waals surface area contributed by atoms with E-state index in [0.29, 0.717) is 16.6 Å². The number of rotatable bonds is 3. The molecular weight excluding hydrogens is 342 g/mol. The molecule has 0 aliphatic carbocycles. The molecule has 1 amide bonds. The molecule has 0 aliphatic heterocycles. The van der Waals surface area contributed by atoms with Crippen LogP contribution in [0.15, 0.2) is 29.2 Å². The molecular formula is C20H25N5O2. The fraction of sp³-hybridized carbons (Fsp3) is 0.400. The summed E-state index contributed by atoms with van der Waals surface area (Å²) in [7, 11) is 0. The van der Waals surface area contributed by atoms with Crippen LogP contribution in [-0.2, 0) is 16.9 Å². The van der Waals surface area contributed by atoms with Gasteiger partial charge in [-0.05, 0) is 58.7 Å². The van der Waals surface area contributed by atoms with Crippen molar-refractivity contribution in [2.45, 2.75) is 53.6 Å². The second kappa shape index (κ2) is 6.64. The van der Waals surface area contributed by atoms with E-state index in [0.717, 1.165) is 16.8 Å². The second-order valence-corrected chi connectivity index (χ2v) is 7.90. The highest BCUT2D eigenvalue weighted by molar-refractivity contribution is 5.91. The molecule has 2 heterocycles. The van der Waals surface area contributed by atoms with Gasteiger partial charge in [-0.2, -0.15) is 10.2 Å². The first-order valence-corrected chi connectivity index (χ1v) is 8.91. The molecule has 1 N–H and O–H groups in total. The molecule has 7 heteroatoms. The van der Waals surface area contributed by atoms with E-state index in [9.17, 15) is 9.59 Å². The lowest BCUT2D eigenvalue weighted by atomic mass is 10.1. The first-order chi connectivity index (χ1) is 12.6. The standard InChI is InChI=1S/C20H25N5O2/c1-12-7-8-13(2)16(9-12)22-17(26)11-24-19(27)18-15(14(3)23-24)10-21-25(18)20(4,5)6/h7-10H,11H2,1-6H3,(H,22,26). The Hall–Kier alpha value is -2.96. The van der Waals surface area contributed by atoms with Crippen LogP contribution in [0.4, 0.5) is 5.69 Å². The van der Waals surface area contributed by atoms with Gasteiger partial charge in [-0.15, -0.1) is 0 Å². The van der Waals surface area contributed by atoms with Gasteiger partial charge < -0.3 is 5.32 Å². The van der Waals surface area contributed by atoms with Crippen molar-refractivity contribution in [2.75, 3.05) is 5.32 Å². The maximum absolute atomic E-state index is 13.0. The van der Waals surface area contributed by atoms with Crippen molar-refractivity contribution in [1.82, 2.24) is 19.6 Å². The third-order valence-electron chi connectivity index (χ3n) is 4.46. The van der Waals surface area contributed by atoms with Gasteiger partial charge in [0, 0.05) is 11.1 Å². The molecule has 27 heavy (non-hydrogen) atoms. The van der Waals surface area contributed by atoms with Crippen molar-refractivity contribution in [3.63, 3.8) is 0 Å². The number of carbonyl (C=O) groups excluding carboxylic acids is 1. The van der Waals surface area contributed by atoms with Gasteiger partial charge in [-0.3, -0.25) is 14.3 Å². The summed E-state index contributed by atoms with van der Waals surface area (Å²) in [4.78, 5) is 25.5. The zero-order valence-corrected chi connectivity index (χ0v) is 16.6. The van der Waals surface area contributed by atoms with E-state index >= 15 is 0 Å². The highest BCUT2D eigenvalue weighted by Crippen LogP contribution is 2.20. The number of carbonyl (C=O) groups is 1. The van der Waals surface area contributed by atoms with Crippen LogP contribution in [0.3, 0.4) is 0 Å². The number of hydrogen-bond donors (Lipinski definition) is 1. The van der Waals surface area contributed by atoms with Gasteiger partial charge in [0.05, 0.1) is 17.4 Å². The number of fused-ring (bicyclic) bond motifs is 1. The number of anilines is 1. The summed E-state index contributed by atoms with van der Waals surface area (Å²) in [5.74, 6) is -0.293. The van der Waals surface area contributed by atoms with Crippen LogP contribution in [-0.4, -0.2) is 25.5 Å². The van der Waals surface area contributed by atoms with E-state index in [4.69, 9.17) is 0 Å². The number of hydrogen-bond acceptors (Lipinski definition) is 4. The third kappa shape index (κ3) is 3.63. The summed E-state index contributed by atoms with van der Waals surface area (Å²) in [6.45, 7) is 11.5. The van der Waals surface area contributed by atoms with Crippen LogP contribution in [0.2, 0.25) is 0 Å². The fourth-order valence-corrected chi connectivity index (χ4v) is 3.03. The summed E-state index contributed by atoms with van der Waals surface area (Å²) >= 11 is 0. The predicted octanol–water partition coefficient (Wildman–Crippen LogP) is 2.91. The highest BCUT2D eigenvalue weighted by atomic mass is 16.2. The molecule has 0 saturated heterocycles. The largest absolute Gasteiger partial charge is 0.324 e. The summed E-state index contributed by atoms with van der Waals surface area (Å²) in [6.07, 6.45) is 1.66. The Morgan fingerprint density at radius 2 is 1.89 bits per heavy atom. The molecule has 142 valence electrons. The number of nitrogens with one attached hydrogen (secondary N) is 1. The van der Waals surface area contributed by atoms with Gasteiger partial charge in [0.25, 0.3) is 5.56 Å². The number of aromatic nitrogens is 4. The Kier molecular flexibility index (Phi) is 4.63. The lowest BCUT2D eigenvalue weighted by Gasteiger charge is -2.20. The maximum Gasteiger partial charge on any atom is 0.293 e. The zero-order valence-electron chi connectivity index (χ0n) is 16.6. The SMILES string of the molecule is Cc1ccc(C)c(NC(=O)Cn2nc(C)c3cnn(C(C)(C)C)c3c2=O)c1. The minimum absolute atomic E-state index is 0.154. The van der Waals surface area contributed by atoms with Gasteiger partial charge in [0.15, 0.2) is 0 Å². The monoisotopic (exact) mass is 367 g/mol. The van der Waals surface area contributed by atoms with E-state index < -0.39 is 0 Å². The summed E-state index contributed by atoms with van der Waals surface area (Å²) < 4.78 is 2.90. The van der Waals surface area contributed by atoms with Crippen LogP contribution < -0.4 is 10.9 Å². The lowest BCUT2D eigenvalue weighted by Crippen LogP contribution is -2.33. The van der Waals surface area contributed by atoms with Gasteiger partial charge in [-0.1, -0.05) is 12.1 Å². The van der Waals surface area contributed by atoms with Crippen LogP contribution >= 0.6 is 0 Å². The summed E-state index contributed by atoms with van der Waals surface area (Å²) in [5.41, 5.74) is 3.22. The molecule has 3 aromatic rings. The van der Waals surface area contributed by atoms with E-state index in [2.05, 4.69) is 15.5 Å². The molecule has 0 radical (unpaired) electrons. The summed E-state index contributed by atoms with van der Waals surface area (Å²) in [6, 6.07) is 5.85. The first kappa shape index (κ1) is 18.8. The summed E-state index contributed by atoms with van der Waals surface area (Å²) in [5, 5.41) is 12.2. The van der Waals surface area contributed by atoms with Crippen LogP contribution in [0, 0.1) is 20.8 Å². The minimum Gasteiger partial charge on any atom is -0.324 e. The topological polar surface area (TPSA) is 81.8 Å². The Bertz CT molecular complexity index is 1090. The van der Waals surface area contributed by atoms with Crippen molar-refractivity contribution in [3.8, 4) is 0 Å². The highest BCUT2D eigenvalue weighted by Gasteiger charge is 2.22. The molecule has 0 saturated carbocycles. The maximum atomic E-state index is 13.0. The lowest BCUT2D eigenvalue weighted by molar-refractivity contribution is -0.117. The van der Waals surface area contributed by atoms with Crippen molar-refractivity contribution in [2.24, 2.45) is 0 Å². The zero-order chi connectivity index (χ0) is 19.9. The Morgan fingerprint density at radius 1 is 1.19 bits per heavy atom. The second-order valence-electron chi connectivity index (χ2n) is 7.90. The smallest absolute Gasteiger partial charge is 0.293 e. The quantitative estimate of drug-likeness (QED) is 0.772. The number of nitrogens with zero attached hydrogens (tertiary/aromatic N) is 4. The van der Waals surface area contributed by atoms with E-state index in [1.165, 1.54) is 4.68 Å². The molecule has 0 atom stereocenters. The predicted molar refractivity (Wildman–Crippen MR) is 106 cm³/mol. The van der Waals surface area contributed by atoms with Crippen molar-refractivity contribution < 1.29 is 4.79 Å². The molecule has 0 spiro atoms. The number of benzene rings is 1. The van der Waals surface area contributed by atoms with Crippen LogP contribution in [0.5, 0.6) is 0 Å². The van der Waals surface area contributed by atoms with Crippen molar-refractivity contribution >= 4 is 22.5 Å². The average molecular weight is 367 g/mol. The van der Waals surface area contributed by atoms with E-state index in [1.807, 2.05) is 59.7 Å². The van der Waals surface area contributed by atoms with Crippen LogP contribution in [0.25, 0.3) is 10.9 Å². The molecule has 1 aromatic carbocycles. The van der Waals surface area contributed by atoms with E-state index in [-0.39, 0.29) is 23.6 Å². The molecule has 0 unspecified atom stereocenters. The molecule has 3 rings (SSSR count). The van der Waals surface area contributed by atoms with Crippen LogP contribution in [0.1, 0.15) is 37.6 Å². The number of amides is 1. The Morgan fingerprint density at radius 3 is 2.56 bits per heavy atom. The first-order valence-electron chi connectivity index (χ1n) is 8.91. The van der Waals surface area contributed by atoms with E-state index in [1.54, 1.807) is 10.9 Å². The van der Waals surface area contributed by atoms with Crippen molar-refractivity contribution in [1.29, 1.82) is 0 Å². The normalized spacial score (nSPS) is 11.8. The van der Waals surface area contributed by atoms with Gasteiger partial charge in [0.2, 0.25) is 5.91 Å². The van der Waals surface area contributed by atoms with Gasteiger partial charge in [0.1, 0.15) is 12.1 Å². The number of aryl methyl sites for hydroxylation is 3. The molecule has 0 fully saturated rings. The molecule has 0 aliphatic rings. The fourth-order valence-electron chi connectivity index (χ4n) is 3.03. The average Bonchev–Trinajstić information content (AvgIpc) is 3.02. The minimum atomic E-state index is -0.354. The van der Waals surface area contributed by atoms with Gasteiger partial charge >= 0.3 is 0 Å². The Balaban J connectivity index is 1.97. The molecule has 7 nitrogen and oxygen atoms in total. The third-order valence-corrected chi connectivity index (χ3v) is 4.46.